The van der Waals surface area contributed by atoms with Crippen molar-refractivity contribution in [2.75, 3.05) is 20.8 Å². The number of methoxy groups -OCH3 is 2. The minimum atomic E-state index is -0.0638. The summed E-state index contributed by atoms with van der Waals surface area (Å²) in [5, 5.41) is 3.07. The van der Waals surface area contributed by atoms with Gasteiger partial charge in [0.2, 0.25) is 0 Å². The van der Waals surface area contributed by atoms with Gasteiger partial charge in [-0.05, 0) is 61.4 Å². The van der Waals surface area contributed by atoms with Gasteiger partial charge < -0.3 is 24.4 Å². The smallest absolute Gasteiger partial charge is 0.317 e. The lowest BCUT2D eigenvalue weighted by Crippen LogP contribution is -2.42. The van der Waals surface area contributed by atoms with Gasteiger partial charge >= 0.3 is 6.03 Å². The van der Waals surface area contributed by atoms with E-state index in [1.165, 1.54) is 18.4 Å². The average molecular weight is 411 g/mol. The quantitative estimate of drug-likeness (QED) is 0.772. The van der Waals surface area contributed by atoms with Crippen LogP contribution >= 0.6 is 0 Å². The van der Waals surface area contributed by atoms with Crippen molar-refractivity contribution >= 4 is 6.03 Å². The number of urea groups is 1. The molecule has 1 aliphatic heterocycles. The minimum Gasteiger partial charge on any atom is -0.493 e. The van der Waals surface area contributed by atoms with Crippen LogP contribution in [0.1, 0.15) is 42.4 Å². The highest BCUT2D eigenvalue weighted by molar-refractivity contribution is 5.74. The zero-order valence-corrected chi connectivity index (χ0v) is 17.8. The zero-order valence-electron chi connectivity index (χ0n) is 17.8. The predicted molar refractivity (Wildman–Crippen MR) is 115 cm³/mol. The van der Waals surface area contributed by atoms with Crippen LogP contribution in [0.25, 0.3) is 0 Å². The molecule has 1 N–H and O–H groups in total. The zero-order chi connectivity index (χ0) is 20.9. The number of carbonyl (C=O) groups is 1. The minimum absolute atomic E-state index is 0.0638. The van der Waals surface area contributed by atoms with Crippen LogP contribution in [0.3, 0.4) is 0 Å². The van der Waals surface area contributed by atoms with E-state index in [2.05, 4.69) is 5.32 Å². The SMILES string of the molecule is COc1cc2c(cc1OC)CN(C(=O)NCc1ccccc1OC1CCCC1)CC2. The molecule has 0 bridgehead atoms. The first kappa shape index (κ1) is 20.4. The highest BCUT2D eigenvalue weighted by Crippen LogP contribution is 2.33. The number of nitrogens with zero attached hydrogens (tertiary/aromatic N) is 1. The molecule has 0 aromatic heterocycles. The molecule has 0 atom stereocenters. The number of hydrogen-bond acceptors (Lipinski definition) is 4. The fourth-order valence-corrected chi connectivity index (χ4v) is 4.29. The average Bonchev–Trinajstić information content (AvgIpc) is 3.30. The number of hydrogen-bond donors (Lipinski definition) is 1. The lowest BCUT2D eigenvalue weighted by molar-refractivity contribution is 0.190. The van der Waals surface area contributed by atoms with Crippen LogP contribution in [0, 0.1) is 0 Å². The van der Waals surface area contributed by atoms with Gasteiger partial charge in [0.25, 0.3) is 0 Å². The van der Waals surface area contributed by atoms with Gasteiger partial charge in [0.15, 0.2) is 11.5 Å². The van der Waals surface area contributed by atoms with Gasteiger partial charge in [0.05, 0.1) is 20.3 Å². The van der Waals surface area contributed by atoms with Gasteiger partial charge in [0, 0.05) is 25.2 Å². The number of para-hydroxylation sites is 1. The molecule has 2 amide bonds. The third-order valence-corrected chi connectivity index (χ3v) is 6.00. The molecular weight excluding hydrogens is 380 g/mol. The largest absolute Gasteiger partial charge is 0.493 e. The maximum atomic E-state index is 12.8. The van der Waals surface area contributed by atoms with E-state index in [-0.39, 0.29) is 6.03 Å². The van der Waals surface area contributed by atoms with Gasteiger partial charge in [-0.3, -0.25) is 0 Å². The summed E-state index contributed by atoms with van der Waals surface area (Å²) in [7, 11) is 3.27. The van der Waals surface area contributed by atoms with E-state index in [9.17, 15) is 4.79 Å². The molecule has 0 unspecified atom stereocenters. The van der Waals surface area contributed by atoms with Crippen LogP contribution in [0.2, 0.25) is 0 Å². The maximum Gasteiger partial charge on any atom is 0.317 e. The molecule has 2 aromatic rings. The van der Waals surface area contributed by atoms with Crippen molar-refractivity contribution in [3.05, 3.63) is 53.1 Å². The number of benzene rings is 2. The number of carbonyl (C=O) groups excluding carboxylic acids is 1. The molecule has 6 heteroatoms. The molecule has 4 rings (SSSR count). The summed E-state index contributed by atoms with van der Waals surface area (Å²) in [5.74, 6) is 2.30. The van der Waals surface area contributed by atoms with E-state index in [1.807, 2.05) is 41.3 Å². The Bertz CT molecular complexity index is 893. The van der Waals surface area contributed by atoms with E-state index in [1.54, 1.807) is 14.2 Å². The second-order valence-corrected chi connectivity index (χ2v) is 7.94. The van der Waals surface area contributed by atoms with Crippen LogP contribution in [-0.4, -0.2) is 37.8 Å². The Morgan fingerprint density at radius 3 is 2.47 bits per heavy atom. The number of rotatable bonds is 6. The van der Waals surface area contributed by atoms with E-state index >= 15 is 0 Å². The summed E-state index contributed by atoms with van der Waals surface area (Å²) in [6.45, 7) is 1.69. The molecule has 0 radical (unpaired) electrons. The van der Waals surface area contributed by atoms with Crippen molar-refractivity contribution in [2.45, 2.75) is 51.3 Å². The lowest BCUT2D eigenvalue weighted by atomic mass is 9.99. The van der Waals surface area contributed by atoms with Gasteiger partial charge in [-0.2, -0.15) is 0 Å². The van der Waals surface area contributed by atoms with Crippen molar-refractivity contribution in [1.29, 1.82) is 0 Å². The summed E-state index contributed by atoms with van der Waals surface area (Å²) in [6, 6.07) is 11.9. The van der Waals surface area contributed by atoms with Crippen LogP contribution in [0.15, 0.2) is 36.4 Å². The highest BCUT2D eigenvalue weighted by Gasteiger charge is 2.23. The molecule has 1 aliphatic carbocycles. The normalized spacial score (nSPS) is 16.1. The highest BCUT2D eigenvalue weighted by atomic mass is 16.5. The molecule has 160 valence electrons. The van der Waals surface area contributed by atoms with Gasteiger partial charge in [-0.15, -0.1) is 0 Å². The Morgan fingerprint density at radius 1 is 1.03 bits per heavy atom. The van der Waals surface area contributed by atoms with E-state index in [0.29, 0.717) is 31.5 Å². The first-order valence-corrected chi connectivity index (χ1v) is 10.7. The van der Waals surface area contributed by atoms with Crippen molar-refractivity contribution in [2.24, 2.45) is 0 Å². The lowest BCUT2D eigenvalue weighted by Gasteiger charge is -2.30. The molecule has 1 fully saturated rings. The summed E-state index contributed by atoms with van der Waals surface area (Å²) < 4.78 is 17.0. The number of ether oxygens (including phenoxy) is 3. The van der Waals surface area contributed by atoms with Crippen molar-refractivity contribution in [3.8, 4) is 17.2 Å². The third kappa shape index (κ3) is 4.48. The Labute approximate surface area is 178 Å². The molecule has 30 heavy (non-hydrogen) atoms. The molecule has 6 nitrogen and oxygen atoms in total. The predicted octanol–water partition coefficient (Wildman–Crippen LogP) is 4.29. The monoisotopic (exact) mass is 410 g/mol. The summed E-state index contributed by atoms with van der Waals surface area (Å²) in [4.78, 5) is 14.7. The third-order valence-electron chi connectivity index (χ3n) is 6.00. The molecule has 0 spiro atoms. The molecule has 0 saturated heterocycles. The Balaban J connectivity index is 1.39. The topological polar surface area (TPSA) is 60.0 Å². The molecule has 2 aromatic carbocycles. The first-order chi connectivity index (χ1) is 14.7. The van der Waals surface area contributed by atoms with Gasteiger partial charge in [-0.25, -0.2) is 4.79 Å². The van der Waals surface area contributed by atoms with Crippen LogP contribution in [0.5, 0.6) is 17.2 Å². The number of amides is 2. The molecule has 1 saturated carbocycles. The van der Waals surface area contributed by atoms with Gasteiger partial charge in [0.1, 0.15) is 5.75 Å². The Hall–Kier alpha value is -2.89. The maximum absolute atomic E-state index is 12.8. The van der Waals surface area contributed by atoms with Crippen LogP contribution in [0.4, 0.5) is 4.79 Å². The standard InChI is InChI=1S/C24H30N2O4/c1-28-22-13-17-11-12-26(16-19(17)14-23(22)29-2)24(27)25-15-18-7-3-6-10-21(18)30-20-8-4-5-9-20/h3,6-7,10,13-14,20H,4-5,8-9,11-12,15-16H2,1-2H3,(H,25,27). The van der Waals surface area contributed by atoms with Crippen molar-refractivity contribution in [3.63, 3.8) is 0 Å². The summed E-state index contributed by atoms with van der Waals surface area (Å²) in [6.07, 6.45) is 5.79. The second kappa shape index (κ2) is 9.28. The van der Waals surface area contributed by atoms with Gasteiger partial charge in [-0.1, -0.05) is 18.2 Å². The molecular formula is C24H30N2O4. The Kier molecular flexibility index (Phi) is 6.31. The summed E-state index contributed by atoms with van der Waals surface area (Å²) >= 11 is 0. The Morgan fingerprint density at radius 2 is 1.73 bits per heavy atom. The second-order valence-electron chi connectivity index (χ2n) is 7.94. The van der Waals surface area contributed by atoms with Crippen LogP contribution < -0.4 is 19.5 Å². The van der Waals surface area contributed by atoms with E-state index in [4.69, 9.17) is 14.2 Å². The van der Waals surface area contributed by atoms with E-state index in [0.717, 1.165) is 41.9 Å². The fraction of sp³-hybridized carbons (Fsp3) is 0.458. The molecule has 2 aliphatic rings. The van der Waals surface area contributed by atoms with Crippen molar-refractivity contribution in [1.82, 2.24) is 10.2 Å². The summed E-state index contributed by atoms with van der Waals surface area (Å²) in [5.41, 5.74) is 3.31. The fourth-order valence-electron chi connectivity index (χ4n) is 4.29. The molecule has 1 heterocycles. The van der Waals surface area contributed by atoms with Crippen molar-refractivity contribution < 1.29 is 19.0 Å². The number of nitrogens with one attached hydrogen (secondary N) is 1. The first-order valence-electron chi connectivity index (χ1n) is 10.7. The number of fused-ring (bicyclic) bond motifs is 1. The van der Waals surface area contributed by atoms with E-state index < -0.39 is 0 Å². The van der Waals surface area contributed by atoms with Crippen LogP contribution in [-0.2, 0) is 19.5 Å².